The second-order valence-corrected chi connectivity index (χ2v) is 15.1. The molecule has 5 aliphatic carbocycles. The van der Waals surface area contributed by atoms with E-state index < -0.39 is 0 Å². The van der Waals surface area contributed by atoms with E-state index >= 15 is 0 Å². The third-order valence-corrected chi connectivity index (χ3v) is 12.9. The summed E-state index contributed by atoms with van der Waals surface area (Å²) in [7, 11) is 0. The molecule has 5 aliphatic rings. The van der Waals surface area contributed by atoms with Gasteiger partial charge in [-0.15, -0.1) is 0 Å². The van der Waals surface area contributed by atoms with Gasteiger partial charge in [0.05, 0.1) is 5.69 Å². The fourth-order valence-corrected chi connectivity index (χ4v) is 11.4. The molecule has 0 N–H and O–H groups in total. The lowest BCUT2D eigenvalue weighted by molar-refractivity contribution is -0.0399. The van der Waals surface area contributed by atoms with E-state index in [1.807, 2.05) is 12.3 Å². The van der Waals surface area contributed by atoms with Gasteiger partial charge in [0.25, 0.3) is 0 Å². The molecule has 1 aromatic heterocycles. The molecule has 7 aromatic rings. The summed E-state index contributed by atoms with van der Waals surface area (Å²) in [5.41, 5.74) is 13.8. The summed E-state index contributed by atoms with van der Waals surface area (Å²) in [4.78, 5) is 4.59. The molecule has 4 fully saturated rings. The monoisotopic (exact) mass is 615 g/mol. The largest absolute Gasteiger partial charge is 0.256 e. The lowest BCUT2D eigenvalue weighted by Gasteiger charge is -2.61. The van der Waals surface area contributed by atoms with Gasteiger partial charge in [-0.2, -0.15) is 0 Å². The molecule has 0 amide bonds. The predicted molar refractivity (Wildman–Crippen MR) is 199 cm³/mol. The molecule has 4 bridgehead atoms. The molecule has 6 aromatic carbocycles. The van der Waals surface area contributed by atoms with Crippen LogP contribution in [0.5, 0.6) is 0 Å². The van der Waals surface area contributed by atoms with Gasteiger partial charge in [-0.1, -0.05) is 115 Å². The van der Waals surface area contributed by atoms with Crippen molar-refractivity contribution in [1.82, 2.24) is 4.98 Å². The van der Waals surface area contributed by atoms with Gasteiger partial charge in [0.2, 0.25) is 0 Å². The van der Waals surface area contributed by atoms with Crippen LogP contribution in [-0.2, 0) is 5.41 Å². The number of rotatable bonds is 3. The molecule has 1 heteroatoms. The normalized spacial score (nSPS) is 24.8. The van der Waals surface area contributed by atoms with Crippen LogP contribution in [-0.4, -0.2) is 4.98 Å². The first kappa shape index (κ1) is 27.0. The number of benzene rings is 6. The van der Waals surface area contributed by atoms with E-state index in [0.717, 1.165) is 34.9 Å². The second kappa shape index (κ2) is 10.0. The third kappa shape index (κ3) is 3.60. The third-order valence-electron chi connectivity index (χ3n) is 12.9. The van der Waals surface area contributed by atoms with Crippen LogP contribution >= 0.6 is 0 Å². The van der Waals surface area contributed by atoms with Gasteiger partial charge < -0.3 is 0 Å². The lowest BCUT2D eigenvalue weighted by Crippen LogP contribution is -2.55. The van der Waals surface area contributed by atoms with E-state index in [0.29, 0.717) is 0 Å². The quantitative estimate of drug-likeness (QED) is 0.180. The molecule has 1 spiro atoms. The fraction of sp³-hybridized carbons (Fsp3) is 0.213. The number of aromatic nitrogens is 1. The summed E-state index contributed by atoms with van der Waals surface area (Å²) >= 11 is 0. The van der Waals surface area contributed by atoms with Crippen molar-refractivity contribution in [3.63, 3.8) is 0 Å². The Morgan fingerprint density at radius 2 is 0.958 bits per heavy atom. The summed E-state index contributed by atoms with van der Waals surface area (Å²) in [5, 5.41) is 5.28. The smallest absolute Gasteiger partial charge is 0.0701 e. The van der Waals surface area contributed by atoms with Crippen LogP contribution in [0, 0.1) is 23.7 Å². The lowest BCUT2D eigenvalue weighted by atomic mass is 9.43. The van der Waals surface area contributed by atoms with Crippen molar-refractivity contribution in [3.8, 4) is 44.6 Å². The van der Waals surface area contributed by atoms with Gasteiger partial charge >= 0.3 is 0 Å². The Morgan fingerprint density at radius 3 is 1.58 bits per heavy atom. The van der Waals surface area contributed by atoms with Crippen molar-refractivity contribution >= 4 is 21.5 Å². The zero-order valence-corrected chi connectivity index (χ0v) is 27.1. The van der Waals surface area contributed by atoms with Crippen LogP contribution in [0.3, 0.4) is 0 Å². The maximum atomic E-state index is 4.59. The number of nitrogens with zero attached hydrogens (tertiary/aromatic N) is 1. The van der Waals surface area contributed by atoms with Gasteiger partial charge in [-0.25, -0.2) is 0 Å². The molecule has 0 atom stereocenters. The first-order valence-electron chi connectivity index (χ1n) is 18.0. The SMILES string of the molecule is c1ccc(-c2ccc(-c3c4ccccc4c(-c4ccc5c(c4)C4(c6ccccc6-5)C5CC6CC(C5)CC4C6)c4ccccc34)cc2)nc1. The first-order valence-corrected chi connectivity index (χ1v) is 18.0. The van der Waals surface area contributed by atoms with Gasteiger partial charge in [0.1, 0.15) is 0 Å². The molecule has 230 valence electrons. The molecule has 0 unspecified atom stereocenters. The molecule has 1 heterocycles. The fourth-order valence-electron chi connectivity index (χ4n) is 11.4. The minimum absolute atomic E-state index is 0.163. The van der Waals surface area contributed by atoms with E-state index in [4.69, 9.17) is 0 Å². The number of hydrogen-bond acceptors (Lipinski definition) is 1. The molecule has 0 radical (unpaired) electrons. The summed E-state index contributed by atoms with van der Waals surface area (Å²) in [6.07, 6.45) is 8.98. The van der Waals surface area contributed by atoms with Gasteiger partial charge in [-0.3, -0.25) is 4.98 Å². The van der Waals surface area contributed by atoms with Crippen molar-refractivity contribution in [2.45, 2.75) is 37.5 Å². The Labute approximate surface area is 282 Å². The Balaban J connectivity index is 1.14. The molecule has 48 heavy (non-hydrogen) atoms. The van der Waals surface area contributed by atoms with Crippen LogP contribution in [0.1, 0.15) is 43.2 Å². The Bertz CT molecular complexity index is 2310. The maximum absolute atomic E-state index is 4.59. The molecular formula is C47H37N. The summed E-state index contributed by atoms with van der Waals surface area (Å²) in [6, 6.07) is 50.4. The highest BCUT2D eigenvalue weighted by molar-refractivity contribution is 6.21. The number of fused-ring (bicyclic) bond motifs is 5. The topological polar surface area (TPSA) is 12.9 Å². The highest BCUT2D eigenvalue weighted by Crippen LogP contribution is 2.69. The first-order chi connectivity index (χ1) is 23.8. The van der Waals surface area contributed by atoms with Crippen molar-refractivity contribution in [2.24, 2.45) is 23.7 Å². The zero-order valence-electron chi connectivity index (χ0n) is 27.1. The van der Waals surface area contributed by atoms with E-state index in [2.05, 4.69) is 132 Å². The Morgan fingerprint density at radius 1 is 0.438 bits per heavy atom. The Hall–Kier alpha value is -5.01. The predicted octanol–water partition coefficient (Wildman–Crippen LogP) is 12.1. The number of pyridine rings is 1. The van der Waals surface area contributed by atoms with Gasteiger partial charge in [-0.05, 0) is 140 Å². The molecule has 0 aliphatic heterocycles. The highest BCUT2D eigenvalue weighted by Gasteiger charge is 2.61. The van der Waals surface area contributed by atoms with Crippen LogP contribution in [0.4, 0.5) is 0 Å². The minimum Gasteiger partial charge on any atom is -0.256 e. The second-order valence-electron chi connectivity index (χ2n) is 15.1. The van der Waals surface area contributed by atoms with Crippen LogP contribution < -0.4 is 0 Å². The van der Waals surface area contributed by atoms with E-state index in [1.165, 1.54) is 87.0 Å². The standard InChI is InChI=1S/C47H37N/c1-3-12-40-38(10-1)45(32-18-16-31(17-19-32)44-15-7-8-22-48-44)39-11-2-4-13-41(39)46(40)33-20-21-37-36-9-5-6-14-42(36)47(43(37)28-33)34-24-29-23-30(26-34)27-35(47)25-29/h1-22,28-30,34-35H,23-27H2. The highest BCUT2D eigenvalue weighted by atomic mass is 14.7. The summed E-state index contributed by atoms with van der Waals surface area (Å²) < 4.78 is 0. The molecule has 1 nitrogen and oxygen atoms in total. The van der Waals surface area contributed by atoms with Crippen LogP contribution in [0.25, 0.3) is 66.2 Å². The van der Waals surface area contributed by atoms with Crippen LogP contribution in [0.15, 0.2) is 140 Å². The van der Waals surface area contributed by atoms with E-state index in [1.54, 1.807) is 11.1 Å². The van der Waals surface area contributed by atoms with Crippen molar-refractivity contribution in [1.29, 1.82) is 0 Å². The van der Waals surface area contributed by atoms with E-state index in [-0.39, 0.29) is 5.41 Å². The average Bonchev–Trinajstić information content (AvgIpc) is 3.43. The summed E-state index contributed by atoms with van der Waals surface area (Å²) in [5.74, 6) is 3.40. The molecule has 12 rings (SSSR count). The van der Waals surface area contributed by atoms with E-state index in [9.17, 15) is 0 Å². The molecular weight excluding hydrogens is 579 g/mol. The van der Waals surface area contributed by atoms with Crippen molar-refractivity contribution in [2.75, 3.05) is 0 Å². The van der Waals surface area contributed by atoms with Crippen molar-refractivity contribution < 1.29 is 0 Å². The molecule has 0 saturated heterocycles. The molecule has 4 saturated carbocycles. The summed E-state index contributed by atoms with van der Waals surface area (Å²) in [6.45, 7) is 0. The average molecular weight is 616 g/mol. The van der Waals surface area contributed by atoms with Crippen LogP contribution in [0.2, 0.25) is 0 Å². The zero-order chi connectivity index (χ0) is 31.4. The van der Waals surface area contributed by atoms with Gasteiger partial charge in [0.15, 0.2) is 0 Å². The van der Waals surface area contributed by atoms with Crippen molar-refractivity contribution in [3.05, 3.63) is 151 Å². The minimum atomic E-state index is 0.163. The Kier molecular flexibility index (Phi) is 5.62. The maximum Gasteiger partial charge on any atom is 0.0701 e. The van der Waals surface area contributed by atoms with Gasteiger partial charge in [0, 0.05) is 17.2 Å². The number of hydrogen-bond donors (Lipinski definition) is 0.